The van der Waals surface area contributed by atoms with E-state index in [1.165, 1.54) is 18.6 Å². The van der Waals surface area contributed by atoms with Gasteiger partial charge in [0.05, 0.1) is 11.0 Å². The van der Waals surface area contributed by atoms with Gasteiger partial charge < -0.3 is 5.32 Å². The average Bonchev–Trinajstić information content (AvgIpc) is 2.87. The molecule has 0 aliphatic heterocycles. The summed E-state index contributed by atoms with van der Waals surface area (Å²) in [6, 6.07) is 3.93. The zero-order chi connectivity index (χ0) is 15.4. The minimum Gasteiger partial charge on any atom is -0.376 e. The van der Waals surface area contributed by atoms with Crippen molar-refractivity contribution in [1.29, 1.82) is 0 Å². The van der Waals surface area contributed by atoms with Gasteiger partial charge in [-0.1, -0.05) is 20.8 Å². The second kappa shape index (κ2) is 4.42. The number of halogens is 1. The van der Waals surface area contributed by atoms with Crippen LogP contribution in [0.25, 0.3) is 0 Å². The molecule has 2 saturated carbocycles. The van der Waals surface area contributed by atoms with E-state index in [2.05, 4.69) is 26.1 Å². The highest BCUT2D eigenvalue weighted by Crippen LogP contribution is 2.63. The molecular weight excluding hydrogens is 271 g/mol. The monoisotopic (exact) mass is 292 g/mol. The molecule has 2 fully saturated rings. The van der Waals surface area contributed by atoms with Crippen LogP contribution in [-0.4, -0.2) is 11.0 Å². The van der Waals surface area contributed by atoms with Gasteiger partial charge in [0.15, 0.2) is 0 Å². The number of nitro groups is 1. The van der Waals surface area contributed by atoms with Crippen LogP contribution in [0.1, 0.15) is 40.0 Å². The van der Waals surface area contributed by atoms with Gasteiger partial charge in [-0.15, -0.1) is 0 Å². The Morgan fingerprint density at radius 3 is 2.67 bits per heavy atom. The number of anilines is 1. The van der Waals surface area contributed by atoms with Crippen molar-refractivity contribution in [3.05, 3.63) is 34.1 Å². The summed E-state index contributed by atoms with van der Waals surface area (Å²) in [6.07, 6.45) is 3.54. The molecule has 2 aliphatic carbocycles. The van der Waals surface area contributed by atoms with Crippen molar-refractivity contribution in [2.75, 3.05) is 5.32 Å². The maximum Gasteiger partial charge on any atom is 0.295 e. The summed E-state index contributed by atoms with van der Waals surface area (Å²) in [5.41, 5.74) is 0.497. The van der Waals surface area contributed by atoms with E-state index < -0.39 is 10.7 Å². The lowest BCUT2D eigenvalue weighted by atomic mass is 9.68. The average molecular weight is 292 g/mol. The molecule has 0 heterocycles. The Balaban J connectivity index is 1.96. The summed E-state index contributed by atoms with van der Waals surface area (Å²) in [5, 5.41) is 14.5. The van der Waals surface area contributed by atoms with Crippen LogP contribution >= 0.6 is 0 Å². The third-order valence-electron chi connectivity index (χ3n) is 5.73. The van der Waals surface area contributed by atoms with Crippen molar-refractivity contribution in [3.63, 3.8) is 0 Å². The molecule has 2 aliphatic rings. The molecule has 1 N–H and O–H groups in total. The van der Waals surface area contributed by atoms with Crippen molar-refractivity contribution in [2.24, 2.45) is 16.7 Å². The van der Waals surface area contributed by atoms with Gasteiger partial charge in [0.1, 0.15) is 11.5 Å². The van der Waals surface area contributed by atoms with Crippen molar-refractivity contribution >= 4 is 11.4 Å². The van der Waals surface area contributed by atoms with E-state index >= 15 is 0 Å². The largest absolute Gasteiger partial charge is 0.376 e. The zero-order valence-electron chi connectivity index (χ0n) is 12.6. The lowest BCUT2D eigenvalue weighted by Gasteiger charge is -2.43. The molecule has 5 heteroatoms. The van der Waals surface area contributed by atoms with Crippen LogP contribution in [0.5, 0.6) is 0 Å². The standard InChI is InChI=1S/C16H21FN2O2/c1-15(2)10-6-7-16(3,9-10)14(15)18-12-5-4-11(17)8-13(12)19(20)21/h4-5,8,10,14,18H,6-7,9H2,1-3H3. The third-order valence-corrected chi connectivity index (χ3v) is 5.73. The summed E-state index contributed by atoms with van der Waals surface area (Å²) in [4.78, 5) is 10.6. The number of benzene rings is 1. The van der Waals surface area contributed by atoms with Crippen molar-refractivity contribution in [3.8, 4) is 0 Å². The minimum absolute atomic E-state index is 0.0925. The van der Waals surface area contributed by atoms with Gasteiger partial charge in [-0.2, -0.15) is 0 Å². The van der Waals surface area contributed by atoms with Gasteiger partial charge in [0, 0.05) is 6.04 Å². The van der Waals surface area contributed by atoms with E-state index in [9.17, 15) is 14.5 Å². The molecule has 1 aromatic rings. The lowest BCUT2D eigenvalue weighted by Crippen LogP contribution is -2.45. The number of rotatable bonds is 3. The Morgan fingerprint density at radius 2 is 2.10 bits per heavy atom. The molecule has 1 aromatic carbocycles. The highest BCUT2D eigenvalue weighted by atomic mass is 19.1. The molecule has 0 saturated heterocycles. The zero-order valence-corrected chi connectivity index (χ0v) is 12.6. The molecule has 4 nitrogen and oxygen atoms in total. The second-order valence-corrected chi connectivity index (χ2v) is 7.41. The molecule has 0 amide bonds. The molecule has 2 bridgehead atoms. The Hall–Kier alpha value is -1.65. The van der Waals surface area contributed by atoms with E-state index in [1.807, 2.05) is 0 Å². The Labute approximate surface area is 123 Å². The number of fused-ring (bicyclic) bond motifs is 2. The van der Waals surface area contributed by atoms with Crippen LogP contribution in [-0.2, 0) is 0 Å². The molecule has 114 valence electrons. The minimum atomic E-state index is -0.578. The SMILES string of the molecule is CC12CCC(C1)C(C)(C)C2Nc1ccc(F)cc1[N+](=O)[O-]. The fraction of sp³-hybridized carbons (Fsp3) is 0.625. The van der Waals surface area contributed by atoms with Gasteiger partial charge in [-0.25, -0.2) is 4.39 Å². The Morgan fingerprint density at radius 1 is 1.38 bits per heavy atom. The van der Waals surface area contributed by atoms with Gasteiger partial charge in [0.2, 0.25) is 0 Å². The van der Waals surface area contributed by atoms with E-state index in [0.717, 1.165) is 18.9 Å². The van der Waals surface area contributed by atoms with Gasteiger partial charge in [-0.3, -0.25) is 10.1 Å². The first-order valence-corrected chi connectivity index (χ1v) is 7.44. The summed E-state index contributed by atoms with van der Waals surface area (Å²) < 4.78 is 13.3. The Kier molecular flexibility index (Phi) is 3.01. The summed E-state index contributed by atoms with van der Waals surface area (Å²) in [6.45, 7) is 6.72. The first kappa shape index (κ1) is 14.3. The van der Waals surface area contributed by atoms with E-state index in [4.69, 9.17) is 0 Å². The topological polar surface area (TPSA) is 55.2 Å². The number of nitrogens with one attached hydrogen (secondary N) is 1. The van der Waals surface area contributed by atoms with Crippen LogP contribution < -0.4 is 5.32 Å². The molecule has 21 heavy (non-hydrogen) atoms. The van der Waals surface area contributed by atoms with Crippen molar-refractivity contribution < 1.29 is 9.31 Å². The van der Waals surface area contributed by atoms with E-state index in [-0.39, 0.29) is 22.6 Å². The predicted molar refractivity (Wildman–Crippen MR) is 79.7 cm³/mol. The van der Waals surface area contributed by atoms with Crippen LogP contribution in [0.3, 0.4) is 0 Å². The van der Waals surface area contributed by atoms with Crippen molar-refractivity contribution in [2.45, 2.75) is 46.1 Å². The van der Waals surface area contributed by atoms with E-state index in [0.29, 0.717) is 11.6 Å². The molecule has 3 rings (SSSR count). The van der Waals surface area contributed by atoms with Crippen LogP contribution in [0.4, 0.5) is 15.8 Å². The molecule has 0 aromatic heterocycles. The maximum atomic E-state index is 13.3. The molecule has 3 atom stereocenters. The summed E-state index contributed by atoms with van der Waals surface area (Å²) >= 11 is 0. The van der Waals surface area contributed by atoms with Crippen molar-refractivity contribution in [1.82, 2.24) is 0 Å². The van der Waals surface area contributed by atoms with Crippen LogP contribution in [0.15, 0.2) is 18.2 Å². The number of hydrogen-bond acceptors (Lipinski definition) is 3. The number of nitrogens with zero attached hydrogens (tertiary/aromatic N) is 1. The second-order valence-electron chi connectivity index (χ2n) is 7.41. The first-order chi connectivity index (χ1) is 9.74. The lowest BCUT2D eigenvalue weighted by molar-refractivity contribution is -0.384. The number of nitro benzene ring substituents is 1. The van der Waals surface area contributed by atoms with Gasteiger partial charge in [0.25, 0.3) is 5.69 Å². The quantitative estimate of drug-likeness (QED) is 0.665. The smallest absolute Gasteiger partial charge is 0.295 e. The third kappa shape index (κ3) is 2.10. The fourth-order valence-corrected chi connectivity index (χ4v) is 4.60. The fourth-order valence-electron chi connectivity index (χ4n) is 4.60. The highest BCUT2D eigenvalue weighted by molar-refractivity contribution is 5.62. The van der Waals surface area contributed by atoms with Crippen LogP contribution in [0.2, 0.25) is 0 Å². The Bertz CT molecular complexity index is 597. The van der Waals surface area contributed by atoms with Gasteiger partial charge >= 0.3 is 0 Å². The normalized spacial score (nSPS) is 33.1. The maximum absolute atomic E-state index is 13.3. The number of hydrogen-bond donors (Lipinski definition) is 1. The molecule has 0 radical (unpaired) electrons. The molecule has 0 spiro atoms. The predicted octanol–water partition coefficient (Wildman–Crippen LogP) is 4.36. The first-order valence-electron chi connectivity index (χ1n) is 7.44. The van der Waals surface area contributed by atoms with Crippen LogP contribution in [0, 0.1) is 32.7 Å². The molecule has 3 unspecified atom stereocenters. The van der Waals surface area contributed by atoms with E-state index in [1.54, 1.807) is 0 Å². The summed E-state index contributed by atoms with van der Waals surface area (Å²) in [5.74, 6) is 0.0742. The highest BCUT2D eigenvalue weighted by Gasteiger charge is 2.59. The van der Waals surface area contributed by atoms with Gasteiger partial charge in [-0.05, 0) is 48.1 Å². The summed E-state index contributed by atoms with van der Waals surface area (Å²) in [7, 11) is 0. The molecular formula is C16H21FN2O2.